The Hall–Kier alpha value is -1.56. The average molecular weight is 203 g/mol. The van der Waals surface area contributed by atoms with Crippen molar-refractivity contribution in [3.63, 3.8) is 0 Å². The van der Waals surface area contributed by atoms with Gasteiger partial charge in [-0.25, -0.2) is 4.98 Å². The average Bonchev–Trinajstić information content (AvgIpc) is 2.26. The van der Waals surface area contributed by atoms with E-state index in [1.165, 1.54) is 0 Å². The van der Waals surface area contributed by atoms with Gasteiger partial charge in [0.25, 0.3) is 0 Å². The molecule has 1 aromatic rings. The maximum Gasteiger partial charge on any atom is 0.130 e. The molecular formula is C12H17N3. The Morgan fingerprint density at radius 1 is 1.53 bits per heavy atom. The minimum Gasteiger partial charge on any atom is -0.357 e. The Morgan fingerprint density at radius 2 is 2.20 bits per heavy atom. The van der Waals surface area contributed by atoms with E-state index < -0.39 is 0 Å². The lowest BCUT2D eigenvalue weighted by Crippen LogP contribution is -2.28. The van der Waals surface area contributed by atoms with E-state index in [-0.39, 0.29) is 0 Å². The van der Waals surface area contributed by atoms with E-state index in [4.69, 9.17) is 5.26 Å². The molecule has 0 saturated heterocycles. The zero-order chi connectivity index (χ0) is 11.4. The molecule has 0 fully saturated rings. The molecule has 1 rings (SSSR count). The molecule has 1 aromatic heterocycles. The van der Waals surface area contributed by atoms with Gasteiger partial charge in [0.05, 0.1) is 11.6 Å². The number of rotatable bonds is 3. The van der Waals surface area contributed by atoms with E-state index in [9.17, 15) is 0 Å². The van der Waals surface area contributed by atoms with Crippen LogP contribution in [0.15, 0.2) is 12.1 Å². The molecule has 0 saturated carbocycles. The van der Waals surface area contributed by atoms with E-state index in [1.54, 1.807) is 6.07 Å². The monoisotopic (exact) mass is 203 g/mol. The summed E-state index contributed by atoms with van der Waals surface area (Å²) < 4.78 is 0. The van der Waals surface area contributed by atoms with Crippen molar-refractivity contribution >= 4 is 5.82 Å². The van der Waals surface area contributed by atoms with Crippen LogP contribution < -0.4 is 4.90 Å². The number of hydrogen-bond acceptors (Lipinski definition) is 3. The Labute approximate surface area is 91.4 Å². The van der Waals surface area contributed by atoms with Gasteiger partial charge >= 0.3 is 0 Å². The molecule has 80 valence electrons. The number of aromatic nitrogens is 1. The first-order valence-electron chi connectivity index (χ1n) is 5.20. The van der Waals surface area contributed by atoms with Crippen LogP contribution in [0.1, 0.15) is 31.5 Å². The highest BCUT2D eigenvalue weighted by atomic mass is 15.2. The molecule has 0 N–H and O–H groups in total. The van der Waals surface area contributed by atoms with Crippen molar-refractivity contribution in [1.29, 1.82) is 5.26 Å². The van der Waals surface area contributed by atoms with Crippen molar-refractivity contribution < 1.29 is 0 Å². The molecule has 1 unspecified atom stereocenters. The lowest BCUT2D eigenvalue weighted by atomic mass is 10.2. The predicted octanol–water partition coefficient (Wildman–Crippen LogP) is 2.50. The third-order valence-corrected chi connectivity index (χ3v) is 2.68. The maximum absolute atomic E-state index is 8.87. The van der Waals surface area contributed by atoms with Crippen LogP contribution in [0.3, 0.4) is 0 Å². The summed E-state index contributed by atoms with van der Waals surface area (Å²) in [4.78, 5) is 6.53. The highest BCUT2D eigenvalue weighted by Crippen LogP contribution is 2.16. The van der Waals surface area contributed by atoms with Crippen molar-refractivity contribution in [2.45, 2.75) is 33.2 Å². The van der Waals surface area contributed by atoms with Crippen molar-refractivity contribution in [2.24, 2.45) is 0 Å². The van der Waals surface area contributed by atoms with Crippen LogP contribution in [0.4, 0.5) is 5.82 Å². The van der Waals surface area contributed by atoms with Crippen LogP contribution in [0.5, 0.6) is 0 Å². The molecule has 0 spiro atoms. The molecule has 3 nitrogen and oxygen atoms in total. The third kappa shape index (κ3) is 2.69. The van der Waals surface area contributed by atoms with E-state index in [0.29, 0.717) is 11.6 Å². The second-order valence-electron chi connectivity index (χ2n) is 3.84. The van der Waals surface area contributed by atoms with E-state index >= 15 is 0 Å². The number of aryl methyl sites for hydroxylation is 1. The number of nitriles is 1. The van der Waals surface area contributed by atoms with Gasteiger partial charge in [-0.3, -0.25) is 0 Å². The summed E-state index contributed by atoms with van der Waals surface area (Å²) in [5.41, 5.74) is 1.56. The zero-order valence-corrected chi connectivity index (χ0v) is 9.78. The van der Waals surface area contributed by atoms with Gasteiger partial charge in [0.2, 0.25) is 0 Å². The second-order valence-corrected chi connectivity index (χ2v) is 3.84. The van der Waals surface area contributed by atoms with Crippen molar-refractivity contribution in [3.05, 3.63) is 23.4 Å². The van der Waals surface area contributed by atoms with Crippen molar-refractivity contribution in [1.82, 2.24) is 4.98 Å². The van der Waals surface area contributed by atoms with E-state index in [1.807, 2.05) is 20.0 Å². The quantitative estimate of drug-likeness (QED) is 0.757. The molecule has 15 heavy (non-hydrogen) atoms. The molecule has 0 radical (unpaired) electrons. The first-order valence-corrected chi connectivity index (χ1v) is 5.20. The lowest BCUT2D eigenvalue weighted by Gasteiger charge is -2.25. The van der Waals surface area contributed by atoms with Gasteiger partial charge < -0.3 is 4.90 Å². The minimum atomic E-state index is 0.436. The van der Waals surface area contributed by atoms with Crippen molar-refractivity contribution in [2.75, 3.05) is 11.9 Å². The van der Waals surface area contributed by atoms with Crippen LogP contribution in [0, 0.1) is 18.3 Å². The molecule has 1 atom stereocenters. The van der Waals surface area contributed by atoms with E-state index in [0.717, 1.165) is 17.9 Å². The second kappa shape index (κ2) is 4.79. The topological polar surface area (TPSA) is 39.9 Å². The summed E-state index contributed by atoms with van der Waals surface area (Å²) in [5, 5.41) is 8.87. The predicted molar refractivity (Wildman–Crippen MR) is 61.8 cm³/mol. The summed E-state index contributed by atoms with van der Waals surface area (Å²) >= 11 is 0. The smallest absolute Gasteiger partial charge is 0.130 e. The lowest BCUT2D eigenvalue weighted by molar-refractivity contribution is 0.656. The molecule has 0 bridgehead atoms. The first-order chi connectivity index (χ1) is 7.08. The van der Waals surface area contributed by atoms with Crippen LogP contribution in [0.25, 0.3) is 0 Å². The molecule has 1 heterocycles. The fourth-order valence-electron chi connectivity index (χ4n) is 1.40. The Balaban J connectivity index is 3.04. The number of hydrogen-bond donors (Lipinski definition) is 0. The first kappa shape index (κ1) is 11.5. The van der Waals surface area contributed by atoms with E-state index in [2.05, 4.69) is 29.8 Å². The molecule has 0 aliphatic rings. The fraction of sp³-hybridized carbons (Fsp3) is 0.500. The van der Waals surface area contributed by atoms with Crippen LogP contribution in [-0.4, -0.2) is 18.1 Å². The maximum atomic E-state index is 8.87. The van der Waals surface area contributed by atoms with Gasteiger partial charge in [-0.15, -0.1) is 0 Å². The van der Waals surface area contributed by atoms with Gasteiger partial charge in [-0.2, -0.15) is 5.26 Å². The highest BCUT2D eigenvalue weighted by molar-refractivity contribution is 5.46. The van der Waals surface area contributed by atoms with Crippen LogP contribution in [0.2, 0.25) is 0 Å². The van der Waals surface area contributed by atoms with Gasteiger partial charge in [-0.05, 0) is 32.4 Å². The third-order valence-electron chi connectivity index (χ3n) is 2.68. The molecule has 0 aliphatic carbocycles. The highest BCUT2D eigenvalue weighted by Gasteiger charge is 2.10. The number of nitrogens with zero attached hydrogens (tertiary/aromatic N) is 3. The largest absolute Gasteiger partial charge is 0.357 e. The summed E-state index contributed by atoms with van der Waals surface area (Å²) in [6.45, 7) is 6.20. The Bertz CT molecular complexity index is 379. The standard InChI is InChI=1S/C12H17N3/c1-5-10(3)15(4)12-7-11(8-13)6-9(2)14-12/h6-7,10H,5H2,1-4H3. The molecule has 0 aromatic carbocycles. The fourth-order valence-corrected chi connectivity index (χ4v) is 1.40. The zero-order valence-electron chi connectivity index (χ0n) is 9.78. The molecular weight excluding hydrogens is 186 g/mol. The summed E-state index contributed by atoms with van der Waals surface area (Å²) in [6.07, 6.45) is 1.06. The van der Waals surface area contributed by atoms with Crippen LogP contribution in [-0.2, 0) is 0 Å². The Kier molecular flexibility index (Phi) is 3.68. The van der Waals surface area contributed by atoms with Crippen LogP contribution >= 0.6 is 0 Å². The molecule has 0 aliphatic heterocycles. The molecule has 3 heteroatoms. The van der Waals surface area contributed by atoms with Gasteiger partial charge in [0, 0.05) is 18.8 Å². The van der Waals surface area contributed by atoms with Gasteiger partial charge in [-0.1, -0.05) is 6.92 Å². The number of anilines is 1. The Morgan fingerprint density at radius 3 is 2.73 bits per heavy atom. The van der Waals surface area contributed by atoms with Crippen molar-refractivity contribution in [3.8, 4) is 6.07 Å². The summed E-state index contributed by atoms with van der Waals surface area (Å²) in [5.74, 6) is 0.876. The minimum absolute atomic E-state index is 0.436. The molecule has 0 amide bonds. The normalized spacial score (nSPS) is 11.9. The van der Waals surface area contributed by atoms with Gasteiger partial charge in [0.15, 0.2) is 0 Å². The summed E-state index contributed by atoms with van der Waals surface area (Å²) in [7, 11) is 2.01. The number of pyridine rings is 1. The summed E-state index contributed by atoms with van der Waals surface area (Å²) in [6, 6.07) is 6.22. The van der Waals surface area contributed by atoms with Gasteiger partial charge in [0.1, 0.15) is 5.82 Å². The SMILES string of the molecule is CCC(C)N(C)c1cc(C#N)cc(C)n1.